The number of hydrogen-bond acceptors (Lipinski definition) is 8. The summed E-state index contributed by atoms with van der Waals surface area (Å²) in [7, 11) is 0. The lowest BCUT2D eigenvalue weighted by Crippen LogP contribution is -2.41. The summed E-state index contributed by atoms with van der Waals surface area (Å²) in [6, 6.07) is 0. The number of amides is 4. The van der Waals surface area contributed by atoms with Crippen LogP contribution in [0, 0.1) is 11.8 Å². The topological polar surface area (TPSA) is 156 Å². The number of likely N-dealkylation sites (tertiary alicyclic amines) is 1. The summed E-state index contributed by atoms with van der Waals surface area (Å²) in [4.78, 5) is 72.9. The first-order valence-corrected chi connectivity index (χ1v) is 12.4. The molecule has 1 heterocycles. The van der Waals surface area contributed by atoms with E-state index >= 15 is 0 Å². The van der Waals surface area contributed by atoms with E-state index in [0.717, 1.165) is 23.5 Å². The first-order valence-electron chi connectivity index (χ1n) is 11.4. The Balaban J connectivity index is 2.46. The maximum absolute atomic E-state index is 12.4. The van der Waals surface area contributed by atoms with Crippen LogP contribution < -0.4 is 16.4 Å². The van der Waals surface area contributed by atoms with Crippen molar-refractivity contribution in [1.29, 1.82) is 0 Å². The number of ketones is 1. The van der Waals surface area contributed by atoms with E-state index in [0.29, 0.717) is 12.8 Å². The average Bonchev–Trinajstić information content (AvgIpc) is 2.99. The molecule has 10 nitrogen and oxygen atoms in total. The molecule has 0 bridgehead atoms. The molecule has 0 aromatic heterocycles. The molecule has 0 radical (unpaired) electrons. The Morgan fingerprint density at radius 1 is 1.09 bits per heavy atom. The van der Waals surface area contributed by atoms with Crippen LogP contribution in [0.25, 0.3) is 0 Å². The molecule has 4 N–H and O–H groups in total. The van der Waals surface area contributed by atoms with Gasteiger partial charge in [0.15, 0.2) is 5.12 Å². The Morgan fingerprint density at radius 3 is 2.42 bits per heavy atom. The van der Waals surface area contributed by atoms with Gasteiger partial charge < -0.3 is 16.4 Å². The van der Waals surface area contributed by atoms with Crippen molar-refractivity contribution in [2.24, 2.45) is 17.6 Å². The molecule has 1 unspecified atom stereocenters. The Hall–Kier alpha value is -2.27. The fourth-order valence-electron chi connectivity index (χ4n) is 3.48. The summed E-state index contributed by atoms with van der Waals surface area (Å²) in [6.45, 7) is 3.87. The number of carbonyl (C=O) groups is 6. The lowest BCUT2D eigenvalue weighted by atomic mass is 9.95. The highest BCUT2D eigenvalue weighted by molar-refractivity contribution is 8.13. The minimum atomic E-state index is -0.813. The lowest BCUT2D eigenvalue weighted by Gasteiger charge is -2.17. The van der Waals surface area contributed by atoms with E-state index in [1.807, 2.05) is 0 Å². The fraction of sp³-hybridized carbons (Fsp3) is 0.727. The number of nitrogens with zero attached hydrogens (tertiary/aromatic N) is 1. The standard InChI is InChI=1S/C22H36N4O6S/c1-15-12-20(30)26(22(15)32)10-9-24-19(29)14-17(21(31)25-8-7-23)13-18(28)6-4-3-5-11-33-16(2)27/h15,17H,3-14,23H2,1-2H3,(H,24,29)(H,25,31)/t15?,17-/m0/s1. The molecule has 0 spiro atoms. The predicted octanol–water partition coefficient (Wildman–Crippen LogP) is 0.378. The molecular formula is C22H36N4O6S. The quantitative estimate of drug-likeness (QED) is 0.210. The van der Waals surface area contributed by atoms with Crippen molar-refractivity contribution < 1.29 is 28.8 Å². The summed E-state index contributed by atoms with van der Waals surface area (Å²) in [6.07, 6.45) is 2.57. The van der Waals surface area contributed by atoms with Gasteiger partial charge in [-0.25, -0.2) is 0 Å². The van der Waals surface area contributed by atoms with Gasteiger partial charge in [0.1, 0.15) is 5.78 Å². The summed E-state index contributed by atoms with van der Waals surface area (Å²) in [5.74, 6) is -1.87. The van der Waals surface area contributed by atoms with Gasteiger partial charge in [-0.3, -0.25) is 33.7 Å². The van der Waals surface area contributed by atoms with Gasteiger partial charge in [0, 0.05) is 70.5 Å². The number of thioether (sulfide) groups is 1. The van der Waals surface area contributed by atoms with E-state index in [1.54, 1.807) is 6.92 Å². The minimum absolute atomic E-state index is 0.0490. The molecule has 1 aliphatic heterocycles. The molecule has 11 heteroatoms. The van der Waals surface area contributed by atoms with E-state index in [1.165, 1.54) is 18.7 Å². The average molecular weight is 485 g/mol. The van der Waals surface area contributed by atoms with Crippen LogP contribution in [0.1, 0.15) is 58.8 Å². The largest absolute Gasteiger partial charge is 0.355 e. The van der Waals surface area contributed by atoms with E-state index < -0.39 is 17.7 Å². The van der Waals surface area contributed by atoms with Crippen LogP contribution in [0.5, 0.6) is 0 Å². The van der Waals surface area contributed by atoms with Gasteiger partial charge in [0.05, 0.1) is 5.92 Å². The Bertz CT molecular complexity index is 730. The third-order valence-electron chi connectivity index (χ3n) is 5.25. The molecule has 1 saturated heterocycles. The highest BCUT2D eigenvalue weighted by Crippen LogP contribution is 2.18. The second-order valence-corrected chi connectivity index (χ2v) is 9.48. The van der Waals surface area contributed by atoms with Crippen LogP contribution in [0.3, 0.4) is 0 Å². The normalized spacial score (nSPS) is 16.6. The van der Waals surface area contributed by atoms with Gasteiger partial charge in [0.25, 0.3) is 0 Å². The van der Waals surface area contributed by atoms with E-state index in [-0.39, 0.29) is 74.1 Å². The van der Waals surface area contributed by atoms with Crippen LogP contribution in [-0.4, -0.2) is 71.4 Å². The van der Waals surface area contributed by atoms with E-state index in [2.05, 4.69) is 10.6 Å². The number of nitrogens with two attached hydrogens (primary N) is 1. The Morgan fingerprint density at radius 2 is 1.82 bits per heavy atom. The molecule has 4 amide bonds. The molecule has 0 aliphatic carbocycles. The first-order chi connectivity index (χ1) is 15.6. The third kappa shape index (κ3) is 11.4. The van der Waals surface area contributed by atoms with Crippen molar-refractivity contribution in [1.82, 2.24) is 15.5 Å². The monoisotopic (exact) mass is 484 g/mol. The lowest BCUT2D eigenvalue weighted by molar-refractivity contribution is -0.139. The van der Waals surface area contributed by atoms with Crippen molar-refractivity contribution in [3.63, 3.8) is 0 Å². The van der Waals surface area contributed by atoms with Crippen molar-refractivity contribution in [2.45, 2.75) is 58.8 Å². The molecule has 186 valence electrons. The van der Waals surface area contributed by atoms with Crippen LogP contribution in [-0.2, 0) is 28.8 Å². The predicted molar refractivity (Wildman–Crippen MR) is 125 cm³/mol. The van der Waals surface area contributed by atoms with Crippen molar-refractivity contribution in [3.8, 4) is 0 Å². The van der Waals surface area contributed by atoms with Crippen LogP contribution in [0.4, 0.5) is 0 Å². The molecule has 1 rings (SSSR count). The second kappa shape index (κ2) is 15.5. The number of rotatable bonds is 16. The van der Waals surface area contributed by atoms with Crippen LogP contribution in [0.2, 0.25) is 0 Å². The van der Waals surface area contributed by atoms with Crippen LogP contribution >= 0.6 is 11.8 Å². The molecule has 33 heavy (non-hydrogen) atoms. The number of carbonyl (C=O) groups excluding carboxylic acids is 6. The number of nitrogens with one attached hydrogen (secondary N) is 2. The van der Waals surface area contributed by atoms with Gasteiger partial charge in [0.2, 0.25) is 23.6 Å². The molecular weight excluding hydrogens is 448 g/mol. The van der Waals surface area contributed by atoms with Gasteiger partial charge in [-0.05, 0) is 12.8 Å². The number of hydrogen-bond donors (Lipinski definition) is 3. The summed E-state index contributed by atoms with van der Waals surface area (Å²) in [5, 5.41) is 5.32. The number of Topliss-reactive ketones (excluding diaryl/α,β-unsaturated/α-hetero) is 1. The molecule has 0 aromatic carbocycles. The summed E-state index contributed by atoms with van der Waals surface area (Å²) in [5.41, 5.74) is 5.42. The zero-order valence-electron chi connectivity index (χ0n) is 19.5. The Labute approximate surface area is 199 Å². The SMILES string of the molecule is CC(=O)SCCCCCC(=O)C[C@@H](CC(=O)NCCN1C(=O)CC(C)C1=O)C(=O)NCCN. The zero-order valence-corrected chi connectivity index (χ0v) is 20.3. The van der Waals surface area contributed by atoms with Crippen molar-refractivity contribution in [2.75, 3.05) is 31.9 Å². The molecule has 2 atom stereocenters. The molecule has 1 aliphatic rings. The number of unbranched alkanes of at least 4 members (excludes halogenated alkanes) is 2. The maximum atomic E-state index is 12.4. The van der Waals surface area contributed by atoms with Gasteiger partial charge in [-0.1, -0.05) is 25.1 Å². The van der Waals surface area contributed by atoms with Crippen LogP contribution in [0.15, 0.2) is 0 Å². The van der Waals surface area contributed by atoms with Gasteiger partial charge >= 0.3 is 0 Å². The highest BCUT2D eigenvalue weighted by Gasteiger charge is 2.35. The number of imide groups is 1. The summed E-state index contributed by atoms with van der Waals surface area (Å²) < 4.78 is 0. The smallest absolute Gasteiger partial charge is 0.232 e. The maximum Gasteiger partial charge on any atom is 0.232 e. The first kappa shape index (κ1) is 28.8. The Kier molecular flexibility index (Phi) is 13.6. The highest BCUT2D eigenvalue weighted by atomic mass is 32.2. The van der Waals surface area contributed by atoms with Gasteiger partial charge in [-0.2, -0.15) is 0 Å². The van der Waals surface area contributed by atoms with E-state index in [4.69, 9.17) is 5.73 Å². The van der Waals surface area contributed by atoms with Crippen molar-refractivity contribution in [3.05, 3.63) is 0 Å². The van der Waals surface area contributed by atoms with Crippen molar-refractivity contribution >= 4 is 46.3 Å². The summed E-state index contributed by atoms with van der Waals surface area (Å²) >= 11 is 1.26. The molecule has 0 saturated carbocycles. The molecule has 1 fully saturated rings. The fourth-order valence-corrected chi connectivity index (χ4v) is 4.11. The molecule has 0 aromatic rings. The zero-order chi connectivity index (χ0) is 24.8. The minimum Gasteiger partial charge on any atom is -0.355 e. The van der Waals surface area contributed by atoms with Gasteiger partial charge in [-0.15, -0.1) is 0 Å². The third-order valence-corrected chi connectivity index (χ3v) is 6.15. The second-order valence-electron chi connectivity index (χ2n) is 8.21. The van der Waals surface area contributed by atoms with E-state index in [9.17, 15) is 28.8 Å².